The lowest BCUT2D eigenvalue weighted by Crippen LogP contribution is -1.97. The lowest BCUT2D eigenvalue weighted by atomic mass is 10.5. The zero-order valence-corrected chi connectivity index (χ0v) is 8.94. The molecule has 0 rings (SSSR count). The molecular weight excluding hydrogens is 202 g/mol. The first-order chi connectivity index (χ1) is 5.68. The SMILES string of the molecule is CCCOP(=O)(OCl)OCCC. The molecule has 0 N–H and O–H groups in total. The molecule has 0 atom stereocenters. The van der Waals surface area contributed by atoms with E-state index in [-0.39, 0.29) is 0 Å². The lowest BCUT2D eigenvalue weighted by molar-refractivity contribution is 0.159. The van der Waals surface area contributed by atoms with Gasteiger partial charge in [0.25, 0.3) is 0 Å². The van der Waals surface area contributed by atoms with E-state index in [0.717, 1.165) is 12.8 Å². The molecule has 0 aliphatic carbocycles. The normalized spacial score (nSPS) is 11.9. The molecule has 0 aromatic rings. The molecule has 0 amide bonds. The summed E-state index contributed by atoms with van der Waals surface area (Å²) in [6.45, 7) is 4.40. The van der Waals surface area contributed by atoms with Crippen LogP contribution < -0.4 is 0 Å². The van der Waals surface area contributed by atoms with Gasteiger partial charge in [-0.05, 0) is 12.8 Å². The van der Waals surface area contributed by atoms with Crippen LogP contribution in [0, 0.1) is 0 Å². The van der Waals surface area contributed by atoms with Crippen LogP contribution in [0.1, 0.15) is 26.7 Å². The third kappa shape index (κ3) is 5.12. The van der Waals surface area contributed by atoms with Crippen LogP contribution in [0.2, 0.25) is 0 Å². The van der Waals surface area contributed by atoms with Gasteiger partial charge in [0.2, 0.25) is 0 Å². The van der Waals surface area contributed by atoms with Crippen molar-refractivity contribution in [3.8, 4) is 0 Å². The van der Waals surface area contributed by atoms with Gasteiger partial charge in [-0.1, -0.05) is 13.8 Å². The van der Waals surface area contributed by atoms with Crippen LogP contribution in [-0.2, 0) is 17.7 Å². The second-order valence-corrected chi connectivity index (χ2v) is 4.15. The van der Waals surface area contributed by atoms with E-state index >= 15 is 0 Å². The first-order valence-corrected chi connectivity index (χ1v) is 5.65. The Morgan fingerprint density at radius 3 is 1.83 bits per heavy atom. The third-order valence-corrected chi connectivity index (χ3v) is 2.67. The van der Waals surface area contributed by atoms with Crippen LogP contribution in [0.25, 0.3) is 0 Å². The van der Waals surface area contributed by atoms with Gasteiger partial charge >= 0.3 is 7.82 Å². The highest BCUT2D eigenvalue weighted by atomic mass is 35.5. The van der Waals surface area contributed by atoms with Crippen molar-refractivity contribution in [2.75, 3.05) is 13.2 Å². The molecule has 74 valence electrons. The molecule has 0 saturated heterocycles. The molecule has 4 nitrogen and oxygen atoms in total. The van der Waals surface area contributed by atoms with Crippen LogP contribution in [0.15, 0.2) is 0 Å². The number of phosphoric ester groups is 1. The van der Waals surface area contributed by atoms with Gasteiger partial charge in [-0.2, -0.15) is 4.08 Å². The largest absolute Gasteiger partial charge is 0.491 e. The van der Waals surface area contributed by atoms with E-state index < -0.39 is 7.82 Å². The first-order valence-electron chi connectivity index (χ1n) is 3.88. The maximum Gasteiger partial charge on any atom is 0.491 e. The summed E-state index contributed by atoms with van der Waals surface area (Å²) >= 11 is 4.97. The predicted octanol–water partition coefficient (Wildman–Crippen LogP) is 3.12. The average molecular weight is 217 g/mol. The van der Waals surface area contributed by atoms with E-state index in [1.54, 1.807) is 0 Å². The summed E-state index contributed by atoms with van der Waals surface area (Å²) in [5, 5.41) is 0. The summed E-state index contributed by atoms with van der Waals surface area (Å²) in [5.74, 6) is 0. The van der Waals surface area contributed by atoms with Crippen molar-refractivity contribution in [2.24, 2.45) is 0 Å². The molecule has 0 aliphatic rings. The van der Waals surface area contributed by atoms with Gasteiger partial charge in [-0.25, -0.2) is 4.57 Å². The Morgan fingerprint density at radius 1 is 1.17 bits per heavy atom. The van der Waals surface area contributed by atoms with Crippen molar-refractivity contribution in [3.05, 3.63) is 0 Å². The topological polar surface area (TPSA) is 44.8 Å². The number of hydrogen-bond donors (Lipinski definition) is 0. The van der Waals surface area contributed by atoms with Crippen molar-refractivity contribution in [3.63, 3.8) is 0 Å². The number of hydrogen-bond acceptors (Lipinski definition) is 4. The zero-order chi connectivity index (χ0) is 9.45. The highest BCUT2D eigenvalue weighted by Gasteiger charge is 2.25. The van der Waals surface area contributed by atoms with Gasteiger partial charge < -0.3 is 0 Å². The second-order valence-electron chi connectivity index (χ2n) is 2.18. The van der Waals surface area contributed by atoms with Gasteiger partial charge in [0, 0.05) is 0 Å². The molecule has 0 bridgehead atoms. The minimum atomic E-state index is -3.47. The Balaban J connectivity index is 3.79. The van der Waals surface area contributed by atoms with E-state index in [2.05, 4.69) is 4.08 Å². The summed E-state index contributed by atoms with van der Waals surface area (Å²) in [5.41, 5.74) is 0. The molecule has 0 unspecified atom stereocenters. The molecule has 0 saturated carbocycles. The van der Waals surface area contributed by atoms with Gasteiger partial charge in [-0.15, -0.1) is 0 Å². The van der Waals surface area contributed by atoms with Crippen LogP contribution in [0.5, 0.6) is 0 Å². The monoisotopic (exact) mass is 216 g/mol. The van der Waals surface area contributed by atoms with Gasteiger partial charge in [-0.3, -0.25) is 9.05 Å². The van der Waals surface area contributed by atoms with Crippen molar-refractivity contribution >= 4 is 19.7 Å². The third-order valence-electron chi connectivity index (χ3n) is 0.992. The van der Waals surface area contributed by atoms with Crippen LogP contribution in [0.3, 0.4) is 0 Å². The van der Waals surface area contributed by atoms with Crippen LogP contribution in [0.4, 0.5) is 0 Å². The fraction of sp³-hybridized carbons (Fsp3) is 1.00. The van der Waals surface area contributed by atoms with Crippen molar-refractivity contribution in [2.45, 2.75) is 26.7 Å². The zero-order valence-electron chi connectivity index (χ0n) is 7.29. The Morgan fingerprint density at radius 2 is 1.58 bits per heavy atom. The molecule has 0 aromatic heterocycles. The van der Waals surface area contributed by atoms with Gasteiger partial charge in [0.05, 0.1) is 25.1 Å². The molecule has 0 spiro atoms. The Kier molecular flexibility index (Phi) is 7.10. The Bertz CT molecular complexity index is 140. The molecule has 6 heteroatoms. The average Bonchev–Trinajstić information content (AvgIpc) is 2.11. The highest BCUT2D eigenvalue weighted by Crippen LogP contribution is 2.50. The number of halogens is 1. The number of rotatable bonds is 7. The maximum absolute atomic E-state index is 11.3. The van der Waals surface area contributed by atoms with Crippen LogP contribution in [-0.4, -0.2) is 13.2 Å². The molecule has 0 aliphatic heterocycles. The summed E-state index contributed by atoms with van der Waals surface area (Å²) in [6.07, 6.45) is 1.47. The summed E-state index contributed by atoms with van der Waals surface area (Å²) < 4.78 is 25.0. The van der Waals surface area contributed by atoms with E-state index in [1.807, 2.05) is 13.8 Å². The fourth-order valence-corrected chi connectivity index (χ4v) is 1.69. The molecule has 0 fully saturated rings. The van der Waals surface area contributed by atoms with E-state index in [9.17, 15) is 4.57 Å². The van der Waals surface area contributed by atoms with Crippen LogP contribution >= 0.6 is 19.7 Å². The molecule has 0 heterocycles. The van der Waals surface area contributed by atoms with E-state index in [1.165, 1.54) is 0 Å². The standard InChI is InChI=1S/C6H14ClO4P/c1-3-5-9-12(8,11-7)10-6-4-2/h3-6H2,1-2H3. The minimum Gasteiger partial charge on any atom is -0.286 e. The summed E-state index contributed by atoms with van der Waals surface area (Å²) in [6, 6.07) is 0. The minimum absolute atomic E-state index is 0.313. The molecule has 0 radical (unpaired) electrons. The fourth-order valence-electron chi connectivity index (χ4n) is 0.483. The highest BCUT2D eigenvalue weighted by molar-refractivity contribution is 7.49. The first kappa shape index (κ1) is 12.4. The van der Waals surface area contributed by atoms with Gasteiger partial charge in [0.1, 0.15) is 0 Å². The smallest absolute Gasteiger partial charge is 0.286 e. The maximum atomic E-state index is 11.3. The predicted molar refractivity (Wildman–Crippen MR) is 47.0 cm³/mol. The van der Waals surface area contributed by atoms with Gasteiger partial charge in [0.15, 0.2) is 0 Å². The van der Waals surface area contributed by atoms with Crippen molar-refractivity contribution in [1.82, 2.24) is 0 Å². The lowest BCUT2D eigenvalue weighted by Gasteiger charge is -2.12. The molecular formula is C6H14ClO4P. The van der Waals surface area contributed by atoms with Crippen molar-refractivity contribution < 1.29 is 17.7 Å². The van der Waals surface area contributed by atoms with E-state index in [0.29, 0.717) is 13.2 Å². The molecule has 0 aromatic carbocycles. The Labute approximate surface area is 77.9 Å². The quantitative estimate of drug-likeness (QED) is 0.614. The second kappa shape index (κ2) is 6.87. The Hall–Kier alpha value is 0.400. The number of phosphoric acid groups is 1. The summed E-state index contributed by atoms with van der Waals surface area (Å²) in [7, 11) is -3.47. The van der Waals surface area contributed by atoms with E-state index in [4.69, 9.17) is 20.9 Å². The van der Waals surface area contributed by atoms with Crippen molar-refractivity contribution in [1.29, 1.82) is 0 Å². The molecule has 12 heavy (non-hydrogen) atoms. The summed E-state index contributed by atoms with van der Waals surface area (Å²) in [4.78, 5) is 0.